The summed E-state index contributed by atoms with van der Waals surface area (Å²) in [6.45, 7) is 0. The summed E-state index contributed by atoms with van der Waals surface area (Å²) in [5, 5.41) is 18.3. The van der Waals surface area contributed by atoms with Crippen molar-refractivity contribution in [2.45, 2.75) is 12.5 Å². The van der Waals surface area contributed by atoms with Gasteiger partial charge >= 0.3 is 5.97 Å². The van der Waals surface area contributed by atoms with Crippen LogP contribution in [0.2, 0.25) is 0 Å². The molecule has 9 heteroatoms. The zero-order valence-corrected chi connectivity index (χ0v) is 22.0. The van der Waals surface area contributed by atoms with Gasteiger partial charge in [0.05, 0.1) is 7.14 Å². The number of carboxylic acids is 1. The predicted octanol–water partition coefficient (Wildman–Crippen LogP) is 3.57. The molecule has 3 radical (unpaired) electrons. The summed E-state index contributed by atoms with van der Waals surface area (Å²) >= 11 is 6.51. The molecule has 0 spiro atoms. The standard InChI is InChI=1S/C15H12I3NO4.Bi/c16-10-5-7(6-11(19)15(21)22)12(17)13(18)14(10)23-9-3-1-8(20)2-4-9;/h1-5,11,20H,6,19H2,(H,21,22);. The van der Waals surface area contributed by atoms with Crippen LogP contribution in [-0.2, 0) is 11.2 Å². The zero-order valence-electron chi connectivity index (χ0n) is 12.0. The number of hydrogen-bond acceptors (Lipinski definition) is 4. The molecule has 1 atom stereocenters. The molecule has 1 unspecified atom stereocenters. The Kier molecular flexibility index (Phi) is 9.44. The molecular formula is C15H12BiI3NO4. The van der Waals surface area contributed by atoms with Crippen LogP contribution in [0.5, 0.6) is 17.2 Å². The van der Waals surface area contributed by atoms with E-state index in [-0.39, 0.29) is 38.4 Å². The van der Waals surface area contributed by atoms with Crippen molar-refractivity contribution in [1.82, 2.24) is 0 Å². The largest absolute Gasteiger partial charge is 0.508 e. The van der Waals surface area contributed by atoms with Gasteiger partial charge in [0.15, 0.2) is 5.75 Å². The Bertz CT molecular complexity index is 740. The molecule has 4 N–H and O–H groups in total. The summed E-state index contributed by atoms with van der Waals surface area (Å²) in [6, 6.07) is 7.44. The molecule has 5 nitrogen and oxygen atoms in total. The van der Waals surface area contributed by atoms with E-state index in [0.717, 1.165) is 16.3 Å². The molecule has 24 heavy (non-hydrogen) atoms. The van der Waals surface area contributed by atoms with Gasteiger partial charge in [0.25, 0.3) is 0 Å². The number of halogens is 3. The van der Waals surface area contributed by atoms with Crippen LogP contribution in [0.1, 0.15) is 5.56 Å². The third-order valence-corrected chi connectivity index (χ3v) is 7.10. The van der Waals surface area contributed by atoms with E-state index >= 15 is 0 Å². The quantitative estimate of drug-likeness (QED) is 0.243. The van der Waals surface area contributed by atoms with Crippen molar-refractivity contribution in [3.63, 3.8) is 0 Å². The summed E-state index contributed by atoms with van der Waals surface area (Å²) in [6.07, 6.45) is 0.263. The number of ether oxygens (including phenoxy) is 1. The van der Waals surface area contributed by atoms with Crippen LogP contribution in [0.3, 0.4) is 0 Å². The van der Waals surface area contributed by atoms with Crippen LogP contribution >= 0.6 is 67.8 Å². The van der Waals surface area contributed by atoms with Gasteiger partial charge < -0.3 is 20.7 Å². The monoisotopic (exact) mass is 860 g/mol. The molecule has 0 aliphatic heterocycles. The van der Waals surface area contributed by atoms with E-state index in [1.807, 2.05) is 6.07 Å². The van der Waals surface area contributed by atoms with E-state index in [4.69, 9.17) is 15.6 Å². The van der Waals surface area contributed by atoms with Crippen LogP contribution in [0.15, 0.2) is 30.3 Å². The maximum absolute atomic E-state index is 10.9. The van der Waals surface area contributed by atoms with Crippen molar-refractivity contribution < 1.29 is 19.7 Å². The van der Waals surface area contributed by atoms with Crippen molar-refractivity contribution in [2.75, 3.05) is 0 Å². The Morgan fingerprint density at radius 1 is 1.17 bits per heavy atom. The summed E-state index contributed by atoms with van der Waals surface area (Å²) in [4.78, 5) is 10.9. The number of rotatable bonds is 5. The van der Waals surface area contributed by atoms with E-state index in [2.05, 4.69) is 67.8 Å². The second kappa shape index (κ2) is 10.0. The van der Waals surface area contributed by atoms with Crippen LogP contribution in [0.25, 0.3) is 0 Å². The number of aromatic hydroxyl groups is 1. The van der Waals surface area contributed by atoms with Crippen molar-refractivity contribution >= 4 is 99.9 Å². The summed E-state index contributed by atoms with van der Waals surface area (Å²) in [5.74, 6) is 0.475. The minimum absolute atomic E-state index is 0. The van der Waals surface area contributed by atoms with E-state index in [1.165, 1.54) is 0 Å². The fourth-order valence-corrected chi connectivity index (χ4v) is 4.47. The second-order valence-corrected chi connectivity index (χ2v) is 8.04. The number of carbonyl (C=O) groups is 1. The Labute approximate surface area is 199 Å². The van der Waals surface area contributed by atoms with E-state index < -0.39 is 12.0 Å². The Morgan fingerprint density at radius 3 is 2.29 bits per heavy atom. The van der Waals surface area contributed by atoms with Gasteiger partial charge in [0.1, 0.15) is 17.5 Å². The van der Waals surface area contributed by atoms with Crippen molar-refractivity contribution in [3.8, 4) is 17.2 Å². The predicted molar refractivity (Wildman–Crippen MR) is 118 cm³/mol. The van der Waals surface area contributed by atoms with Gasteiger partial charge in [0.2, 0.25) is 0 Å². The maximum atomic E-state index is 10.9. The average molecular weight is 860 g/mol. The molecule has 0 bridgehead atoms. The van der Waals surface area contributed by atoms with Gasteiger partial charge in [-0.2, -0.15) is 0 Å². The molecule has 0 aliphatic rings. The zero-order chi connectivity index (χ0) is 17.1. The molecule has 0 aromatic heterocycles. The van der Waals surface area contributed by atoms with E-state index in [1.54, 1.807) is 24.3 Å². The summed E-state index contributed by atoms with van der Waals surface area (Å²) in [7, 11) is 0. The Morgan fingerprint density at radius 2 is 1.75 bits per heavy atom. The molecule has 0 saturated heterocycles. The first-order valence-corrected chi connectivity index (χ1v) is 9.65. The topological polar surface area (TPSA) is 92.8 Å². The van der Waals surface area contributed by atoms with Crippen molar-refractivity contribution in [3.05, 3.63) is 46.6 Å². The van der Waals surface area contributed by atoms with Gasteiger partial charge in [-0.15, -0.1) is 0 Å². The minimum Gasteiger partial charge on any atom is -0.508 e. The number of aliphatic carboxylic acids is 1. The van der Waals surface area contributed by atoms with Crippen LogP contribution in [0.4, 0.5) is 0 Å². The third-order valence-electron chi connectivity index (χ3n) is 3.01. The molecule has 0 aliphatic carbocycles. The van der Waals surface area contributed by atoms with Gasteiger partial charge in [-0.1, -0.05) is 0 Å². The molecule has 0 saturated carbocycles. The number of carboxylic acid groups (broad SMARTS) is 1. The average Bonchev–Trinajstić information content (AvgIpc) is 2.50. The summed E-state index contributed by atoms with van der Waals surface area (Å²) in [5.41, 5.74) is 6.51. The smallest absolute Gasteiger partial charge is 0.320 e. The fourth-order valence-electron chi connectivity index (χ4n) is 1.83. The van der Waals surface area contributed by atoms with Gasteiger partial charge in [-0.25, -0.2) is 0 Å². The van der Waals surface area contributed by atoms with Crippen molar-refractivity contribution in [2.24, 2.45) is 5.73 Å². The summed E-state index contributed by atoms with van der Waals surface area (Å²) < 4.78 is 8.60. The molecule has 0 fully saturated rings. The maximum Gasteiger partial charge on any atom is 0.320 e. The first-order valence-electron chi connectivity index (χ1n) is 6.41. The molecule has 2 aromatic rings. The molecule has 127 valence electrons. The van der Waals surface area contributed by atoms with Gasteiger partial charge in [0, 0.05) is 29.8 Å². The van der Waals surface area contributed by atoms with Gasteiger partial charge in [-0.05, 0) is 110 Å². The minimum atomic E-state index is -1.02. The number of nitrogens with two attached hydrogens (primary N) is 1. The SMILES string of the molecule is NC(Cc1cc(I)c(Oc2ccc(O)cc2)c(I)c1I)C(=O)O.[Bi]. The normalized spacial score (nSPS) is 11.5. The molecule has 0 amide bonds. The van der Waals surface area contributed by atoms with Crippen LogP contribution in [-0.4, -0.2) is 48.4 Å². The van der Waals surface area contributed by atoms with Gasteiger partial charge in [-0.3, -0.25) is 4.79 Å². The first-order chi connectivity index (χ1) is 10.8. The number of phenolic OH excluding ortho intramolecular Hbond substituents is 1. The molecule has 2 rings (SSSR count). The number of phenols is 1. The first kappa shape index (κ1) is 22.6. The number of hydrogen-bond donors (Lipinski definition) is 3. The van der Waals surface area contributed by atoms with E-state index in [9.17, 15) is 9.90 Å². The van der Waals surface area contributed by atoms with Crippen LogP contribution in [0, 0.1) is 10.7 Å². The van der Waals surface area contributed by atoms with E-state index in [0.29, 0.717) is 11.5 Å². The van der Waals surface area contributed by atoms with Crippen LogP contribution < -0.4 is 10.5 Å². The molecule has 0 heterocycles. The fraction of sp³-hybridized carbons (Fsp3) is 0.133. The Hall–Kier alpha value is 0.543. The van der Waals surface area contributed by atoms with Crippen molar-refractivity contribution in [1.29, 1.82) is 0 Å². The number of benzene rings is 2. The molecular weight excluding hydrogens is 848 g/mol. The molecule has 2 aromatic carbocycles. The third kappa shape index (κ3) is 5.78. The Balaban J connectivity index is 0.00000288. The second-order valence-electron chi connectivity index (χ2n) is 4.72.